The Labute approximate surface area is 117 Å². The van der Waals surface area contributed by atoms with Crippen molar-refractivity contribution in [2.75, 3.05) is 12.3 Å². The van der Waals surface area contributed by atoms with Crippen LogP contribution in [-0.2, 0) is 4.79 Å². The molecule has 1 heterocycles. The molecule has 0 aromatic heterocycles. The van der Waals surface area contributed by atoms with E-state index in [1.807, 2.05) is 11.8 Å². The average molecular weight is 286 g/mol. The molecule has 0 aromatic carbocycles. The number of nitrogens with one attached hydrogen (secondary N) is 2. The number of aliphatic carboxylic acids is 1. The molecule has 0 spiro atoms. The minimum absolute atomic E-state index is 0.338. The highest BCUT2D eigenvalue weighted by molar-refractivity contribution is 7.99. The second-order valence-corrected chi connectivity index (χ2v) is 6.83. The molecule has 1 saturated carbocycles. The summed E-state index contributed by atoms with van der Waals surface area (Å²) < 4.78 is 0. The van der Waals surface area contributed by atoms with Gasteiger partial charge in [-0.15, -0.1) is 0 Å². The van der Waals surface area contributed by atoms with Crippen LogP contribution in [0.2, 0.25) is 0 Å². The molecule has 3 N–H and O–H groups in total. The first kappa shape index (κ1) is 14.5. The summed E-state index contributed by atoms with van der Waals surface area (Å²) in [6, 6.07) is -0.338. The lowest BCUT2D eigenvalue weighted by Gasteiger charge is -2.27. The fourth-order valence-corrected chi connectivity index (χ4v) is 4.05. The van der Waals surface area contributed by atoms with Gasteiger partial charge in [-0.3, -0.25) is 0 Å². The van der Waals surface area contributed by atoms with Gasteiger partial charge in [-0.25, -0.2) is 9.59 Å². The van der Waals surface area contributed by atoms with Crippen LogP contribution in [0.3, 0.4) is 0 Å². The molecule has 0 bridgehead atoms. The van der Waals surface area contributed by atoms with Gasteiger partial charge in [0.2, 0.25) is 0 Å². The molecular weight excluding hydrogens is 264 g/mol. The van der Waals surface area contributed by atoms with Gasteiger partial charge in [-0.05, 0) is 31.4 Å². The van der Waals surface area contributed by atoms with E-state index >= 15 is 0 Å². The topological polar surface area (TPSA) is 78.4 Å². The predicted molar refractivity (Wildman–Crippen MR) is 75.5 cm³/mol. The Kier molecular flexibility index (Phi) is 4.96. The number of carbonyl (C=O) groups excluding carboxylic acids is 1. The molecule has 2 aliphatic rings. The summed E-state index contributed by atoms with van der Waals surface area (Å²) in [7, 11) is 0. The summed E-state index contributed by atoms with van der Waals surface area (Å²) >= 11 is 1.89. The molecule has 5 nitrogen and oxygen atoms in total. The number of thioether (sulfide) groups is 1. The molecule has 19 heavy (non-hydrogen) atoms. The number of carboxylic acid groups (broad SMARTS) is 1. The standard InChI is InChI=1S/C13H22N2O3S/c16-11(17)13(6-2-3-7-13)15-12(18)14-9-10-5-1-4-8-19-10/h10H,1-9H2,(H,16,17)(H2,14,15,18). The van der Waals surface area contributed by atoms with E-state index < -0.39 is 11.5 Å². The van der Waals surface area contributed by atoms with Gasteiger partial charge in [0, 0.05) is 11.8 Å². The van der Waals surface area contributed by atoms with Gasteiger partial charge in [0.1, 0.15) is 5.54 Å². The summed E-state index contributed by atoms with van der Waals surface area (Å²) in [6.45, 7) is 0.631. The minimum Gasteiger partial charge on any atom is -0.480 e. The second-order valence-electron chi connectivity index (χ2n) is 5.42. The van der Waals surface area contributed by atoms with Crippen LogP contribution in [0.25, 0.3) is 0 Å². The zero-order valence-electron chi connectivity index (χ0n) is 11.1. The Morgan fingerprint density at radius 3 is 2.53 bits per heavy atom. The molecule has 1 atom stereocenters. The van der Waals surface area contributed by atoms with Crippen molar-refractivity contribution in [3.8, 4) is 0 Å². The number of urea groups is 1. The normalized spacial score (nSPS) is 25.8. The first-order valence-electron chi connectivity index (χ1n) is 7.03. The molecule has 0 radical (unpaired) electrons. The SMILES string of the molecule is O=C(NCC1CCCCS1)NC1(C(=O)O)CCCC1. The molecular formula is C13H22N2O3S. The molecule has 1 unspecified atom stereocenters. The van der Waals surface area contributed by atoms with Crippen molar-refractivity contribution in [3.05, 3.63) is 0 Å². The second kappa shape index (κ2) is 6.50. The van der Waals surface area contributed by atoms with E-state index in [0.29, 0.717) is 24.6 Å². The van der Waals surface area contributed by atoms with Crippen LogP contribution < -0.4 is 10.6 Å². The summed E-state index contributed by atoms with van der Waals surface area (Å²) in [5.74, 6) is 0.250. The van der Waals surface area contributed by atoms with Crippen molar-refractivity contribution >= 4 is 23.8 Å². The number of hydrogen-bond donors (Lipinski definition) is 3. The van der Waals surface area contributed by atoms with Crippen LogP contribution in [-0.4, -0.2) is 40.2 Å². The Hall–Kier alpha value is -0.910. The van der Waals surface area contributed by atoms with E-state index in [1.165, 1.54) is 12.8 Å². The molecule has 6 heteroatoms. The minimum atomic E-state index is -1.04. The molecule has 1 aliphatic heterocycles. The maximum atomic E-state index is 11.9. The number of amides is 2. The highest BCUT2D eigenvalue weighted by atomic mass is 32.2. The lowest BCUT2D eigenvalue weighted by Crippen LogP contribution is -2.56. The smallest absolute Gasteiger partial charge is 0.329 e. The average Bonchev–Trinajstić information content (AvgIpc) is 2.87. The maximum absolute atomic E-state index is 11.9. The van der Waals surface area contributed by atoms with Crippen molar-refractivity contribution in [3.63, 3.8) is 0 Å². The summed E-state index contributed by atoms with van der Waals surface area (Å²) in [4.78, 5) is 23.2. The van der Waals surface area contributed by atoms with Gasteiger partial charge in [0.15, 0.2) is 0 Å². The first-order chi connectivity index (χ1) is 9.12. The molecule has 2 rings (SSSR count). The van der Waals surface area contributed by atoms with Gasteiger partial charge < -0.3 is 15.7 Å². The molecule has 2 fully saturated rings. The Morgan fingerprint density at radius 1 is 1.21 bits per heavy atom. The van der Waals surface area contributed by atoms with Crippen molar-refractivity contribution in [1.29, 1.82) is 0 Å². The zero-order valence-corrected chi connectivity index (χ0v) is 11.9. The van der Waals surface area contributed by atoms with Gasteiger partial charge in [0.25, 0.3) is 0 Å². The lowest BCUT2D eigenvalue weighted by atomic mass is 9.98. The van der Waals surface area contributed by atoms with E-state index in [4.69, 9.17) is 0 Å². The van der Waals surface area contributed by atoms with E-state index in [2.05, 4.69) is 10.6 Å². The van der Waals surface area contributed by atoms with E-state index in [1.54, 1.807) is 0 Å². The highest BCUT2D eigenvalue weighted by Gasteiger charge is 2.42. The zero-order chi connectivity index (χ0) is 13.7. The third-order valence-corrected chi connectivity index (χ3v) is 5.38. The van der Waals surface area contributed by atoms with Crippen molar-refractivity contribution < 1.29 is 14.7 Å². The maximum Gasteiger partial charge on any atom is 0.329 e. The number of hydrogen-bond acceptors (Lipinski definition) is 3. The van der Waals surface area contributed by atoms with Crippen molar-refractivity contribution in [2.24, 2.45) is 0 Å². The third kappa shape index (κ3) is 3.78. The summed E-state index contributed by atoms with van der Waals surface area (Å²) in [6.07, 6.45) is 6.42. The first-order valence-corrected chi connectivity index (χ1v) is 8.08. The van der Waals surface area contributed by atoms with Crippen LogP contribution in [0.15, 0.2) is 0 Å². The lowest BCUT2D eigenvalue weighted by molar-refractivity contribution is -0.144. The Bertz CT molecular complexity index is 337. The quantitative estimate of drug-likeness (QED) is 0.738. The highest BCUT2D eigenvalue weighted by Crippen LogP contribution is 2.30. The fourth-order valence-electron chi connectivity index (χ4n) is 2.81. The van der Waals surface area contributed by atoms with Crippen LogP contribution in [0, 0.1) is 0 Å². The Balaban J connectivity index is 1.78. The van der Waals surface area contributed by atoms with Crippen LogP contribution >= 0.6 is 11.8 Å². The van der Waals surface area contributed by atoms with Gasteiger partial charge >= 0.3 is 12.0 Å². The third-order valence-electron chi connectivity index (χ3n) is 3.98. The van der Waals surface area contributed by atoms with E-state index in [-0.39, 0.29) is 6.03 Å². The number of carboxylic acids is 1. The molecule has 108 valence electrons. The van der Waals surface area contributed by atoms with Crippen LogP contribution in [0.4, 0.5) is 4.79 Å². The van der Waals surface area contributed by atoms with Gasteiger partial charge in [-0.1, -0.05) is 19.3 Å². The van der Waals surface area contributed by atoms with E-state index in [0.717, 1.165) is 25.0 Å². The Morgan fingerprint density at radius 2 is 1.95 bits per heavy atom. The van der Waals surface area contributed by atoms with Gasteiger partial charge in [0.05, 0.1) is 0 Å². The number of carbonyl (C=O) groups is 2. The largest absolute Gasteiger partial charge is 0.480 e. The van der Waals surface area contributed by atoms with Crippen LogP contribution in [0.5, 0.6) is 0 Å². The monoisotopic (exact) mass is 286 g/mol. The van der Waals surface area contributed by atoms with Crippen LogP contribution in [0.1, 0.15) is 44.9 Å². The van der Waals surface area contributed by atoms with Crippen molar-refractivity contribution in [1.82, 2.24) is 10.6 Å². The van der Waals surface area contributed by atoms with Crippen molar-refractivity contribution in [2.45, 2.75) is 55.7 Å². The molecule has 1 saturated heterocycles. The predicted octanol–water partition coefficient (Wildman–Crippen LogP) is 1.97. The molecule has 0 aromatic rings. The molecule has 1 aliphatic carbocycles. The van der Waals surface area contributed by atoms with E-state index in [9.17, 15) is 14.7 Å². The summed E-state index contributed by atoms with van der Waals surface area (Å²) in [5, 5.41) is 15.3. The molecule has 2 amide bonds. The summed E-state index contributed by atoms with van der Waals surface area (Å²) in [5.41, 5.74) is -1.04. The van der Waals surface area contributed by atoms with Gasteiger partial charge in [-0.2, -0.15) is 11.8 Å². The fraction of sp³-hybridized carbons (Fsp3) is 0.846. The number of rotatable bonds is 4.